The molecule has 0 heterocycles. The van der Waals surface area contributed by atoms with Crippen LogP contribution in [0, 0.1) is 5.82 Å². The van der Waals surface area contributed by atoms with Crippen LogP contribution < -0.4 is 15.4 Å². The van der Waals surface area contributed by atoms with Gasteiger partial charge in [0.1, 0.15) is 11.6 Å². The van der Waals surface area contributed by atoms with Gasteiger partial charge in [0.25, 0.3) is 5.91 Å². The molecule has 27 heavy (non-hydrogen) atoms. The van der Waals surface area contributed by atoms with E-state index in [0.717, 1.165) is 5.56 Å². The van der Waals surface area contributed by atoms with Gasteiger partial charge in [0.15, 0.2) is 13.2 Å². The lowest BCUT2D eigenvalue weighted by atomic mass is 10.2. The quantitative estimate of drug-likeness (QED) is 0.647. The van der Waals surface area contributed by atoms with Crippen molar-refractivity contribution in [1.82, 2.24) is 10.6 Å². The first-order valence-corrected chi connectivity index (χ1v) is 8.58. The number of rotatable bonds is 7. The van der Waals surface area contributed by atoms with E-state index in [4.69, 9.17) is 9.47 Å². The molecule has 0 spiro atoms. The smallest absolute Gasteiger partial charge is 0.344 e. The van der Waals surface area contributed by atoms with Gasteiger partial charge in [-0.25, -0.2) is 14.0 Å². The third-order valence-electron chi connectivity index (χ3n) is 3.15. The predicted octanol–water partition coefficient (Wildman–Crippen LogP) is 2.54. The highest BCUT2D eigenvalue weighted by atomic mass is 79.9. The maximum absolute atomic E-state index is 13.0. The molecule has 0 bridgehead atoms. The van der Waals surface area contributed by atoms with Gasteiger partial charge in [-0.3, -0.25) is 10.1 Å². The van der Waals surface area contributed by atoms with Crippen molar-refractivity contribution >= 4 is 33.8 Å². The van der Waals surface area contributed by atoms with Gasteiger partial charge in [-0.1, -0.05) is 30.3 Å². The van der Waals surface area contributed by atoms with Crippen LogP contribution in [0.2, 0.25) is 0 Å². The standard InChI is InChI=1S/C18H16BrFN2O5/c19-14-8-13(20)6-7-15(14)26-11-17(24)27-10-16(23)22-18(25)21-9-12-4-2-1-3-5-12/h1-8H,9-11H2,(H2,21,22,23,25). The number of halogens is 2. The Labute approximate surface area is 163 Å². The number of hydrogen-bond acceptors (Lipinski definition) is 5. The summed E-state index contributed by atoms with van der Waals surface area (Å²) in [7, 11) is 0. The van der Waals surface area contributed by atoms with E-state index in [1.54, 1.807) is 0 Å². The minimum absolute atomic E-state index is 0.248. The van der Waals surface area contributed by atoms with Crippen LogP contribution in [0.25, 0.3) is 0 Å². The van der Waals surface area contributed by atoms with Gasteiger partial charge in [0.05, 0.1) is 4.47 Å². The molecule has 142 valence electrons. The second kappa shape index (κ2) is 10.3. The van der Waals surface area contributed by atoms with Gasteiger partial charge < -0.3 is 14.8 Å². The third kappa shape index (κ3) is 7.45. The highest BCUT2D eigenvalue weighted by molar-refractivity contribution is 9.10. The van der Waals surface area contributed by atoms with Gasteiger partial charge >= 0.3 is 12.0 Å². The van der Waals surface area contributed by atoms with Gasteiger partial charge in [-0.05, 0) is 39.7 Å². The number of esters is 1. The number of carbonyl (C=O) groups is 3. The summed E-state index contributed by atoms with van der Waals surface area (Å²) >= 11 is 3.09. The maximum Gasteiger partial charge on any atom is 0.344 e. The lowest BCUT2D eigenvalue weighted by Gasteiger charge is -2.09. The average molecular weight is 439 g/mol. The first-order valence-electron chi connectivity index (χ1n) is 7.79. The zero-order valence-corrected chi connectivity index (χ0v) is 15.6. The lowest BCUT2D eigenvalue weighted by Crippen LogP contribution is -2.41. The second-order valence-electron chi connectivity index (χ2n) is 5.24. The van der Waals surface area contributed by atoms with Crippen molar-refractivity contribution < 1.29 is 28.2 Å². The van der Waals surface area contributed by atoms with E-state index < -0.39 is 36.9 Å². The number of carbonyl (C=O) groups excluding carboxylic acids is 3. The fourth-order valence-corrected chi connectivity index (χ4v) is 2.37. The molecule has 2 N–H and O–H groups in total. The van der Waals surface area contributed by atoms with Crippen molar-refractivity contribution in [3.05, 3.63) is 64.4 Å². The maximum atomic E-state index is 13.0. The van der Waals surface area contributed by atoms with Crippen molar-refractivity contribution in [2.45, 2.75) is 6.54 Å². The zero-order chi connectivity index (χ0) is 19.6. The summed E-state index contributed by atoms with van der Waals surface area (Å²) in [4.78, 5) is 34.8. The number of imide groups is 1. The molecule has 2 rings (SSSR count). The highest BCUT2D eigenvalue weighted by Crippen LogP contribution is 2.25. The topological polar surface area (TPSA) is 93.7 Å². The van der Waals surface area contributed by atoms with Crippen molar-refractivity contribution in [3.8, 4) is 5.75 Å². The Hall–Kier alpha value is -2.94. The van der Waals surface area contributed by atoms with E-state index in [-0.39, 0.29) is 12.3 Å². The van der Waals surface area contributed by atoms with Crippen molar-refractivity contribution in [2.24, 2.45) is 0 Å². The van der Waals surface area contributed by atoms with Crippen molar-refractivity contribution in [3.63, 3.8) is 0 Å². The molecular weight excluding hydrogens is 423 g/mol. The highest BCUT2D eigenvalue weighted by Gasteiger charge is 2.12. The fourth-order valence-electron chi connectivity index (χ4n) is 1.90. The molecule has 3 amide bonds. The second-order valence-corrected chi connectivity index (χ2v) is 6.09. The van der Waals surface area contributed by atoms with Crippen molar-refractivity contribution in [2.75, 3.05) is 13.2 Å². The molecule has 0 unspecified atom stereocenters. The summed E-state index contributed by atoms with van der Waals surface area (Å²) in [6.07, 6.45) is 0. The SMILES string of the molecule is O=C(COC(=O)COc1ccc(F)cc1Br)NC(=O)NCc1ccccc1. The summed E-state index contributed by atoms with van der Waals surface area (Å²) in [5.74, 6) is -1.81. The van der Waals surface area contributed by atoms with Crippen LogP contribution >= 0.6 is 15.9 Å². The van der Waals surface area contributed by atoms with Crippen LogP contribution in [0.1, 0.15) is 5.56 Å². The molecule has 0 saturated heterocycles. The van der Waals surface area contributed by atoms with E-state index in [1.165, 1.54) is 18.2 Å². The van der Waals surface area contributed by atoms with Crippen LogP contribution in [-0.2, 0) is 20.9 Å². The number of amides is 3. The van der Waals surface area contributed by atoms with Crippen molar-refractivity contribution in [1.29, 1.82) is 0 Å². The Morgan fingerprint density at radius 3 is 2.48 bits per heavy atom. The molecule has 9 heteroatoms. The molecular formula is C18H16BrFN2O5. The van der Waals surface area contributed by atoms with Gasteiger partial charge in [-0.15, -0.1) is 0 Å². The third-order valence-corrected chi connectivity index (χ3v) is 3.77. The Morgan fingerprint density at radius 1 is 1.04 bits per heavy atom. The number of nitrogens with one attached hydrogen (secondary N) is 2. The van der Waals surface area contributed by atoms with Crippen LogP contribution in [0.15, 0.2) is 53.0 Å². The zero-order valence-electron chi connectivity index (χ0n) is 14.0. The van der Waals surface area contributed by atoms with E-state index in [1.807, 2.05) is 35.6 Å². The molecule has 0 aliphatic carbocycles. The summed E-state index contributed by atoms with van der Waals surface area (Å²) in [6.45, 7) is -0.858. The molecule has 2 aromatic carbocycles. The Balaban J connectivity index is 1.65. The Bertz CT molecular complexity index is 817. The molecule has 0 radical (unpaired) electrons. The molecule has 0 aliphatic heterocycles. The molecule has 7 nitrogen and oxygen atoms in total. The number of hydrogen-bond donors (Lipinski definition) is 2. The van der Waals surface area contributed by atoms with E-state index in [0.29, 0.717) is 4.47 Å². The molecule has 0 fully saturated rings. The van der Waals surface area contributed by atoms with Crippen LogP contribution in [-0.4, -0.2) is 31.1 Å². The molecule has 0 aromatic heterocycles. The van der Waals surface area contributed by atoms with E-state index >= 15 is 0 Å². The summed E-state index contributed by atoms with van der Waals surface area (Å²) in [5, 5.41) is 4.54. The first-order chi connectivity index (χ1) is 12.9. The minimum Gasteiger partial charge on any atom is -0.481 e. The van der Waals surface area contributed by atoms with Crippen LogP contribution in [0.3, 0.4) is 0 Å². The van der Waals surface area contributed by atoms with Gasteiger partial charge in [0.2, 0.25) is 0 Å². The monoisotopic (exact) mass is 438 g/mol. The Morgan fingerprint density at radius 2 is 1.78 bits per heavy atom. The van der Waals surface area contributed by atoms with Crippen LogP contribution in [0.5, 0.6) is 5.75 Å². The van der Waals surface area contributed by atoms with Gasteiger partial charge in [-0.2, -0.15) is 0 Å². The number of ether oxygens (including phenoxy) is 2. The largest absolute Gasteiger partial charge is 0.481 e. The summed E-state index contributed by atoms with van der Waals surface area (Å²) in [6, 6.07) is 12.1. The fraction of sp³-hybridized carbons (Fsp3) is 0.167. The summed E-state index contributed by atoms with van der Waals surface area (Å²) in [5.41, 5.74) is 0.871. The van der Waals surface area contributed by atoms with Crippen LogP contribution in [0.4, 0.5) is 9.18 Å². The normalized spacial score (nSPS) is 10.0. The number of benzene rings is 2. The number of urea groups is 1. The first kappa shape index (κ1) is 20.4. The Kier molecular flexibility index (Phi) is 7.75. The van der Waals surface area contributed by atoms with E-state index in [9.17, 15) is 18.8 Å². The predicted molar refractivity (Wildman–Crippen MR) is 97.4 cm³/mol. The molecule has 2 aromatic rings. The molecule has 0 saturated carbocycles. The van der Waals surface area contributed by atoms with Gasteiger partial charge in [0, 0.05) is 6.54 Å². The molecule has 0 aliphatic rings. The summed E-state index contributed by atoms with van der Waals surface area (Å²) < 4.78 is 23.2. The minimum atomic E-state index is -0.814. The average Bonchev–Trinajstić information content (AvgIpc) is 2.65. The van der Waals surface area contributed by atoms with E-state index in [2.05, 4.69) is 21.2 Å². The molecule has 0 atom stereocenters. The lowest BCUT2D eigenvalue weighted by molar-refractivity contribution is -0.150.